The van der Waals surface area contributed by atoms with E-state index in [1.54, 1.807) is 19.2 Å². The number of phenols is 1. The second-order valence-corrected chi connectivity index (χ2v) is 7.88. The van der Waals surface area contributed by atoms with Crippen molar-refractivity contribution in [3.8, 4) is 11.5 Å². The molecule has 1 atom stereocenters. The Morgan fingerprint density at radius 2 is 1.90 bits per heavy atom. The number of ether oxygens (including phenoxy) is 1. The molecule has 0 aliphatic carbocycles. The van der Waals surface area contributed by atoms with Gasteiger partial charge in [-0.1, -0.05) is 30.8 Å². The van der Waals surface area contributed by atoms with Gasteiger partial charge in [-0.25, -0.2) is 4.98 Å². The van der Waals surface area contributed by atoms with Gasteiger partial charge in [0.2, 0.25) is 5.91 Å². The smallest absolute Gasteiger partial charge is 0.237 e. The molecule has 0 aliphatic rings. The fourth-order valence-corrected chi connectivity index (χ4v) is 3.83. The van der Waals surface area contributed by atoms with Crippen LogP contribution in [0.4, 0.5) is 5.69 Å². The molecule has 0 bridgehead atoms. The molecule has 0 fully saturated rings. The van der Waals surface area contributed by atoms with Crippen LogP contribution in [0.15, 0.2) is 53.7 Å². The number of H-pyrrole nitrogens is 1. The number of carbonyl (C=O) groups is 1. The topological polar surface area (TPSA) is 87.2 Å². The Hall–Kier alpha value is -2.93. The van der Waals surface area contributed by atoms with Crippen molar-refractivity contribution < 1.29 is 14.6 Å². The van der Waals surface area contributed by atoms with E-state index in [4.69, 9.17) is 4.74 Å². The van der Waals surface area contributed by atoms with Gasteiger partial charge in [-0.2, -0.15) is 0 Å². The largest absolute Gasteiger partial charge is 0.508 e. The number of aromatic nitrogens is 2. The van der Waals surface area contributed by atoms with Gasteiger partial charge >= 0.3 is 0 Å². The number of hydrogen-bond donors (Lipinski definition) is 3. The van der Waals surface area contributed by atoms with Crippen molar-refractivity contribution in [3.63, 3.8) is 0 Å². The highest BCUT2D eigenvalue weighted by Gasteiger charge is 2.20. The normalized spacial score (nSPS) is 11.8. The van der Waals surface area contributed by atoms with Crippen LogP contribution in [0.1, 0.15) is 30.3 Å². The number of hydrogen-bond acceptors (Lipinski definition) is 5. The number of nitrogens with zero attached hydrogens (tertiary/aromatic N) is 1. The zero-order valence-electron chi connectivity index (χ0n) is 16.7. The van der Waals surface area contributed by atoms with Gasteiger partial charge in [0.05, 0.1) is 18.1 Å². The van der Waals surface area contributed by atoms with Gasteiger partial charge in [-0.3, -0.25) is 4.79 Å². The Balaban J connectivity index is 1.65. The number of carbonyl (C=O) groups excluding carboxylic acids is 1. The molecule has 0 spiro atoms. The summed E-state index contributed by atoms with van der Waals surface area (Å²) in [6.45, 7) is 3.96. The quantitative estimate of drug-likeness (QED) is 0.474. The highest BCUT2D eigenvalue weighted by Crippen LogP contribution is 2.26. The molecule has 0 aliphatic heterocycles. The number of aromatic hydroxyl groups is 1. The predicted molar refractivity (Wildman–Crippen MR) is 116 cm³/mol. The van der Waals surface area contributed by atoms with Crippen molar-refractivity contribution in [1.29, 1.82) is 0 Å². The highest BCUT2D eigenvalue weighted by atomic mass is 32.2. The molecule has 3 rings (SSSR count). The lowest BCUT2D eigenvalue weighted by atomic mass is 10.1. The third-order valence-electron chi connectivity index (χ3n) is 4.55. The molecule has 2 aromatic carbocycles. The highest BCUT2D eigenvalue weighted by molar-refractivity contribution is 8.00. The number of aromatic amines is 1. The van der Waals surface area contributed by atoms with Crippen molar-refractivity contribution in [2.45, 2.75) is 37.1 Å². The Morgan fingerprint density at radius 3 is 2.52 bits per heavy atom. The van der Waals surface area contributed by atoms with E-state index < -0.39 is 0 Å². The van der Waals surface area contributed by atoms with Crippen molar-refractivity contribution in [2.75, 3.05) is 12.4 Å². The number of thioether (sulfide) groups is 1. The van der Waals surface area contributed by atoms with Crippen LogP contribution in [0.3, 0.4) is 0 Å². The van der Waals surface area contributed by atoms with E-state index in [9.17, 15) is 9.90 Å². The molecule has 29 heavy (non-hydrogen) atoms. The Bertz CT molecular complexity index is 952. The van der Waals surface area contributed by atoms with Crippen LogP contribution in [0.2, 0.25) is 0 Å². The SMILES string of the molecule is CCC(Sc1nc(Cc2ccc(O)cc2)c(C)[nH]1)C(=O)Nc1ccc(OC)cc1. The molecule has 152 valence electrons. The summed E-state index contributed by atoms with van der Waals surface area (Å²) in [5.74, 6) is 0.936. The molecule has 0 radical (unpaired) electrons. The predicted octanol–water partition coefficient (Wildman–Crippen LogP) is 4.53. The fourth-order valence-electron chi connectivity index (χ4n) is 2.86. The van der Waals surface area contributed by atoms with E-state index >= 15 is 0 Å². The van der Waals surface area contributed by atoms with Gasteiger partial charge in [-0.15, -0.1) is 0 Å². The van der Waals surface area contributed by atoms with Crippen molar-refractivity contribution >= 4 is 23.4 Å². The van der Waals surface area contributed by atoms with Gasteiger partial charge in [0.15, 0.2) is 5.16 Å². The Morgan fingerprint density at radius 1 is 1.21 bits per heavy atom. The van der Waals surface area contributed by atoms with Gasteiger partial charge in [-0.05, 0) is 55.3 Å². The molecule has 0 saturated heterocycles. The number of nitrogens with one attached hydrogen (secondary N) is 2. The van der Waals surface area contributed by atoms with Gasteiger partial charge in [0.1, 0.15) is 11.5 Å². The molecular weight excluding hydrogens is 386 g/mol. The van der Waals surface area contributed by atoms with E-state index in [0.717, 1.165) is 33.5 Å². The van der Waals surface area contributed by atoms with Crippen LogP contribution in [0.25, 0.3) is 0 Å². The third-order valence-corrected chi connectivity index (χ3v) is 5.79. The van der Waals surface area contributed by atoms with Crippen molar-refractivity contribution in [2.24, 2.45) is 0 Å². The minimum Gasteiger partial charge on any atom is -0.508 e. The summed E-state index contributed by atoms with van der Waals surface area (Å²) in [7, 11) is 1.61. The first kappa shape index (κ1) is 20.8. The minimum absolute atomic E-state index is 0.0585. The second-order valence-electron chi connectivity index (χ2n) is 6.69. The molecule has 7 heteroatoms. The lowest BCUT2D eigenvalue weighted by molar-refractivity contribution is -0.115. The average Bonchev–Trinajstić information content (AvgIpc) is 3.07. The zero-order valence-corrected chi connectivity index (χ0v) is 17.5. The first-order valence-electron chi connectivity index (χ1n) is 9.43. The molecule has 3 N–H and O–H groups in total. The van der Waals surface area contributed by atoms with Gasteiger partial charge < -0.3 is 20.1 Å². The number of aryl methyl sites for hydroxylation is 1. The number of benzene rings is 2. The molecule has 0 saturated carbocycles. The van der Waals surface area contributed by atoms with E-state index in [1.807, 2.05) is 50.2 Å². The maximum atomic E-state index is 12.7. The van der Waals surface area contributed by atoms with E-state index in [0.29, 0.717) is 12.8 Å². The summed E-state index contributed by atoms with van der Waals surface area (Å²) < 4.78 is 5.14. The first-order valence-corrected chi connectivity index (χ1v) is 10.3. The number of rotatable bonds is 8. The minimum atomic E-state index is -0.260. The lowest BCUT2D eigenvalue weighted by Gasteiger charge is -2.13. The maximum Gasteiger partial charge on any atom is 0.237 e. The summed E-state index contributed by atoms with van der Waals surface area (Å²) >= 11 is 1.43. The summed E-state index contributed by atoms with van der Waals surface area (Å²) in [6.07, 6.45) is 1.34. The summed E-state index contributed by atoms with van der Waals surface area (Å²) in [5.41, 5.74) is 3.71. The fraction of sp³-hybridized carbons (Fsp3) is 0.273. The second kappa shape index (κ2) is 9.52. The standard InChI is InChI=1S/C22H25N3O3S/c1-4-20(21(27)24-16-7-11-18(28-3)12-8-16)29-22-23-14(2)19(25-22)13-15-5-9-17(26)10-6-15/h5-12,20,26H,4,13H2,1-3H3,(H,23,25)(H,24,27). The molecule has 3 aromatic rings. The van der Waals surface area contributed by atoms with Crippen LogP contribution < -0.4 is 10.1 Å². The Kier molecular flexibility index (Phi) is 6.82. The van der Waals surface area contributed by atoms with E-state index in [1.165, 1.54) is 11.8 Å². The molecule has 1 amide bonds. The average molecular weight is 412 g/mol. The molecule has 1 heterocycles. The summed E-state index contributed by atoms with van der Waals surface area (Å²) in [6, 6.07) is 14.4. The molecule has 6 nitrogen and oxygen atoms in total. The lowest BCUT2D eigenvalue weighted by Crippen LogP contribution is -2.24. The van der Waals surface area contributed by atoms with E-state index in [2.05, 4.69) is 15.3 Å². The molecule has 1 aromatic heterocycles. The number of anilines is 1. The monoisotopic (exact) mass is 411 g/mol. The van der Waals surface area contributed by atoms with Crippen molar-refractivity contribution in [1.82, 2.24) is 9.97 Å². The molecule has 1 unspecified atom stereocenters. The maximum absolute atomic E-state index is 12.7. The van der Waals surface area contributed by atoms with Crippen LogP contribution in [0, 0.1) is 6.92 Å². The first-order chi connectivity index (χ1) is 14.0. The van der Waals surface area contributed by atoms with Crippen LogP contribution in [-0.4, -0.2) is 33.3 Å². The van der Waals surface area contributed by atoms with Crippen LogP contribution in [-0.2, 0) is 11.2 Å². The van der Waals surface area contributed by atoms with Crippen LogP contribution in [0.5, 0.6) is 11.5 Å². The van der Waals surface area contributed by atoms with E-state index in [-0.39, 0.29) is 16.9 Å². The van der Waals surface area contributed by atoms with Crippen LogP contribution >= 0.6 is 11.8 Å². The molecular formula is C22H25N3O3S. The van der Waals surface area contributed by atoms with Gasteiger partial charge in [0.25, 0.3) is 0 Å². The zero-order chi connectivity index (χ0) is 20.8. The third kappa shape index (κ3) is 5.54. The number of methoxy groups -OCH3 is 1. The van der Waals surface area contributed by atoms with Gasteiger partial charge in [0, 0.05) is 17.8 Å². The number of imidazole rings is 1. The number of phenolic OH excluding ortho intramolecular Hbond substituents is 1. The number of amides is 1. The Labute approximate surface area is 174 Å². The van der Waals surface area contributed by atoms with Crippen molar-refractivity contribution in [3.05, 3.63) is 65.5 Å². The summed E-state index contributed by atoms with van der Waals surface area (Å²) in [4.78, 5) is 20.6. The summed E-state index contributed by atoms with van der Waals surface area (Å²) in [5, 5.41) is 12.8.